The van der Waals surface area contributed by atoms with Crippen molar-refractivity contribution in [3.05, 3.63) is 75.7 Å². The van der Waals surface area contributed by atoms with E-state index in [1.165, 1.54) is 4.68 Å². The number of aromatic nitrogens is 2. The zero-order valence-electron chi connectivity index (χ0n) is 16.3. The van der Waals surface area contributed by atoms with E-state index in [-0.39, 0.29) is 11.5 Å². The Balaban J connectivity index is 2.13. The molecule has 0 radical (unpaired) electrons. The summed E-state index contributed by atoms with van der Waals surface area (Å²) in [5, 5.41) is 4.80. The maximum atomic E-state index is 13.2. The standard InChI is InChI=1S/C21H21ClN2O4S/c1-21(2,3)28-19-18(15-9-7-14(8-10-15)13-29(26)27)12-23-24(20(19)25)17-6-4-5-16(22)11-17/h4-12H,13H2,1-3H3,(H,26,27). The normalized spacial score (nSPS) is 12.6. The molecule has 1 heterocycles. The number of hydrogen-bond acceptors (Lipinski definition) is 4. The SMILES string of the molecule is CC(C)(C)Oc1c(-c2ccc(CS(=O)O)cc2)cnn(-c2cccc(Cl)c2)c1=O. The van der Waals surface area contributed by atoms with Gasteiger partial charge in [-0.15, -0.1) is 0 Å². The second-order valence-corrected chi connectivity index (χ2v) is 8.83. The molecule has 1 N–H and O–H groups in total. The summed E-state index contributed by atoms with van der Waals surface area (Å²) in [6.07, 6.45) is 1.57. The molecule has 6 nitrogen and oxygen atoms in total. The predicted molar refractivity (Wildman–Crippen MR) is 115 cm³/mol. The Bertz CT molecular complexity index is 1100. The molecule has 0 fully saturated rings. The third-order valence-corrected chi connectivity index (χ3v) is 4.77. The average molecular weight is 433 g/mol. The van der Waals surface area contributed by atoms with Crippen molar-refractivity contribution in [3.63, 3.8) is 0 Å². The molecule has 152 valence electrons. The molecule has 0 saturated heterocycles. The van der Waals surface area contributed by atoms with Gasteiger partial charge in [0, 0.05) is 10.6 Å². The first-order valence-corrected chi connectivity index (χ1v) is 10.5. The topological polar surface area (TPSA) is 81.4 Å². The highest BCUT2D eigenvalue weighted by Crippen LogP contribution is 2.29. The van der Waals surface area contributed by atoms with Crippen LogP contribution in [0.2, 0.25) is 5.02 Å². The van der Waals surface area contributed by atoms with Gasteiger partial charge in [0.05, 0.1) is 17.6 Å². The molecule has 3 rings (SSSR count). The van der Waals surface area contributed by atoms with Crippen LogP contribution in [0.3, 0.4) is 0 Å². The summed E-state index contributed by atoms with van der Waals surface area (Å²) >= 11 is 4.14. The first kappa shape index (κ1) is 21.2. The molecule has 0 bridgehead atoms. The van der Waals surface area contributed by atoms with Crippen LogP contribution in [0.15, 0.2) is 59.5 Å². The van der Waals surface area contributed by atoms with E-state index in [0.717, 1.165) is 5.56 Å². The van der Waals surface area contributed by atoms with E-state index in [0.29, 0.717) is 21.8 Å². The van der Waals surface area contributed by atoms with E-state index in [4.69, 9.17) is 20.9 Å². The minimum absolute atomic E-state index is 0.0419. The van der Waals surface area contributed by atoms with Crippen LogP contribution in [0.5, 0.6) is 5.75 Å². The van der Waals surface area contributed by atoms with Crippen LogP contribution in [0, 0.1) is 0 Å². The molecule has 0 aliphatic carbocycles. The maximum Gasteiger partial charge on any atom is 0.314 e. The van der Waals surface area contributed by atoms with Crippen LogP contribution >= 0.6 is 11.6 Å². The van der Waals surface area contributed by atoms with E-state index in [1.807, 2.05) is 20.8 Å². The van der Waals surface area contributed by atoms with Crippen molar-refractivity contribution >= 4 is 22.7 Å². The van der Waals surface area contributed by atoms with E-state index >= 15 is 0 Å². The highest BCUT2D eigenvalue weighted by Gasteiger charge is 2.21. The molecule has 3 aromatic rings. The maximum absolute atomic E-state index is 13.2. The molecular formula is C21H21ClN2O4S. The first-order chi connectivity index (χ1) is 13.6. The van der Waals surface area contributed by atoms with Gasteiger partial charge in [0.15, 0.2) is 16.8 Å². The van der Waals surface area contributed by atoms with Gasteiger partial charge in [-0.2, -0.15) is 9.78 Å². The Morgan fingerprint density at radius 2 is 1.86 bits per heavy atom. The van der Waals surface area contributed by atoms with Gasteiger partial charge in [0.2, 0.25) is 0 Å². The van der Waals surface area contributed by atoms with Crippen LogP contribution in [-0.2, 0) is 16.8 Å². The van der Waals surface area contributed by atoms with E-state index in [9.17, 15) is 9.00 Å². The highest BCUT2D eigenvalue weighted by molar-refractivity contribution is 7.78. The number of ether oxygens (including phenoxy) is 1. The summed E-state index contributed by atoms with van der Waals surface area (Å²) in [5.41, 5.74) is 1.51. The van der Waals surface area contributed by atoms with Crippen LogP contribution in [0.4, 0.5) is 0 Å². The van der Waals surface area contributed by atoms with Crippen molar-refractivity contribution in [2.45, 2.75) is 32.1 Å². The minimum atomic E-state index is -1.92. The predicted octanol–water partition coefficient (Wildman–Crippen LogP) is 4.45. The smallest absolute Gasteiger partial charge is 0.314 e. The lowest BCUT2D eigenvalue weighted by molar-refractivity contribution is 0.128. The second kappa shape index (κ2) is 8.49. The summed E-state index contributed by atoms with van der Waals surface area (Å²) in [5.74, 6) is 0.214. The summed E-state index contributed by atoms with van der Waals surface area (Å²) in [6.45, 7) is 5.58. The fourth-order valence-electron chi connectivity index (χ4n) is 2.76. The molecule has 0 aliphatic rings. The van der Waals surface area contributed by atoms with Crippen molar-refractivity contribution in [3.8, 4) is 22.6 Å². The van der Waals surface area contributed by atoms with Crippen molar-refractivity contribution in [2.75, 3.05) is 0 Å². The Morgan fingerprint density at radius 1 is 1.17 bits per heavy atom. The van der Waals surface area contributed by atoms with Crippen LogP contribution in [0.1, 0.15) is 26.3 Å². The number of hydrogen-bond donors (Lipinski definition) is 1. The Kier molecular flexibility index (Phi) is 6.21. The summed E-state index contributed by atoms with van der Waals surface area (Å²) in [7, 11) is 0. The van der Waals surface area contributed by atoms with Crippen LogP contribution in [0.25, 0.3) is 16.8 Å². The van der Waals surface area contributed by atoms with Crippen molar-refractivity contribution < 1.29 is 13.5 Å². The van der Waals surface area contributed by atoms with Crippen LogP contribution in [-0.4, -0.2) is 24.1 Å². The molecular weight excluding hydrogens is 412 g/mol. The molecule has 2 aromatic carbocycles. The number of halogens is 1. The highest BCUT2D eigenvalue weighted by atomic mass is 35.5. The van der Waals surface area contributed by atoms with Gasteiger partial charge >= 0.3 is 5.56 Å². The van der Waals surface area contributed by atoms with E-state index < -0.39 is 22.2 Å². The third-order valence-electron chi connectivity index (χ3n) is 3.95. The van der Waals surface area contributed by atoms with Crippen molar-refractivity contribution in [1.82, 2.24) is 9.78 Å². The zero-order chi connectivity index (χ0) is 21.2. The first-order valence-electron chi connectivity index (χ1n) is 8.88. The molecule has 8 heteroatoms. The van der Waals surface area contributed by atoms with E-state index in [1.54, 1.807) is 54.7 Å². The molecule has 1 unspecified atom stereocenters. The van der Waals surface area contributed by atoms with Gasteiger partial charge < -0.3 is 9.29 Å². The van der Waals surface area contributed by atoms with Gasteiger partial charge in [-0.25, -0.2) is 4.21 Å². The molecule has 0 aliphatic heterocycles. The van der Waals surface area contributed by atoms with Gasteiger partial charge in [0.25, 0.3) is 0 Å². The molecule has 1 atom stereocenters. The largest absolute Gasteiger partial charge is 0.482 e. The quantitative estimate of drug-likeness (QED) is 0.602. The molecule has 29 heavy (non-hydrogen) atoms. The fraction of sp³-hybridized carbons (Fsp3) is 0.238. The average Bonchev–Trinajstić information content (AvgIpc) is 2.62. The van der Waals surface area contributed by atoms with Gasteiger partial charge in [-0.3, -0.25) is 4.79 Å². The lowest BCUT2D eigenvalue weighted by Gasteiger charge is -2.23. The molecule has 1 aromatic heterocycles. The lowest BCUT2D eigenvalue weighted by atomic mass is 10.1. The lowest BCUT2D eigenvalue weighted by Crippen LogP contribution is -2.30. The molecule has 0 amide bonds. The Hall–Kier alpha value is -2.48. The van der Waals surface area contributed by atoms with Gasteiger partial charge in [-0.1, -0.05) is 41.9 Å². The van der Waals surface area contributed by atoms with Crippen LogP contribution < -0.4 is 10.3 Å². The fourth-order valence-corrected chi connectivity index (χ4v) is 3.43. The number of nitrogens with zero attached hydrogens (tertiary/aromatic N) is 2. The monoisotopic (exact) mass is 432 g/mol. The van der Waals surface area contributed by atoms with Gasteiger partial charge in [-0.05, 0) is 50.1 Å². The second-order valence-electron chi connectivity index (χ2n) is 7.46. The van der Waals surface area contributed by atoms with Crippen molar-refractivity contribution in [1.29, 1.82) is 0 Å². The van der Waals surface area contributed by atoms with E-state index in [2.05, 4.69) is 5.10 Å². The summed E-state index contributed by atoms with van der Waals surface area (Å²) < 4.78 is 27.3. The van der Waals surface area contributed by atoms with Crippen molar-refractivity contribution in [2.24, 2.45) is 0 Å². The Labute approximate surface area is 176 Å². The summed E-state index contributed by atoms with van der Waals surface area (Å²) in [6, 6.07) is 13.9. The molecule has 0 spiro atoms. The minimum Gasteiger partial charge on any atom is -0.482 e. The zero-order valence-corrected chi connectivity index (χ0v) is 17.8. The third kappa shape index (κ3) is 5.32. The molecule has 0 saturated carbocycles. The number of rotatable bonds is 5. The Morgan fingerprint density at radius 3 is 2.45 bits per heavy atom. The summed E-state index contributed by atoms with van der Waals surface area (Å²) in [4.78, 5) is 13.2. The van der Waals surface area contributed by atoms with Gasteiger partial charge in [0.1, 0.15) is 5.60 Å². The number of benzene rings is 2.